The lowest BCUT2D eigenvalue weighted by molar-refractivity contribution is -0.137. The van der Waals surface area contributed by atoms with Crippen molar-refractivity contribution in [3.05, 3.63) is 89.9 Å². The van der Waals surface area contributed by atoms with E-state index in [1.165, 1.54) is 56.3 Å². The average molecular weight is 563 g/mol. The molecule has 1 saturated heterocycles. The number of benzene rings is 2. The molecule has 4 rings (SSSR count). The monoisotopic (exact) mass is 562 g/mol. The summed E-state index contributed by atoms with van der Waals surface area (Å²) in [6.07, 6.45) is 9.40. The Labute approximate surface area is 235 Å². The molecule has 0 aromatic heterocycles. The Morgan fingerprint density at radius 2 is 1.90 bits per heavy atom. The molecular weight excluding hydrogens is 520 g/mol. The molecule has 4 atom stereocenters. The zero-order valence-electron chi connectivity index (χ0n) is 23.3. The lowest BCUT2D eigenvalue weighted by Crippen LogP contribution is -2.44. The normalized spacial score (nSPS) is 25.8. The van der Waals surface area contributed by atoms with Gasteiger partial charge in [-0.2, -0.15) is 24.9 Å². The molecule has 7 heteroatoms. The van der Waals surface area contributed by atoms with Gasteiger partial charge in [0.2, 0.25) is 0 Å². The predicted octanol–water partition coefficient (Wildman–Crippen LogP) is 8.66. The summed E-state index contributed by atoms with van der Waals surface area (Å²) in [7, 11) is 0. The molecule has 1 heterocycles. The van der Waals surface area contributed by atoms with Gasteiger partial charge in [0.25, 0.3) is 0 Å². The smallest absolute Gasteiger partial charge is 0.387 e. The maximum atomic E-state index is 12.8. The number of alkyl halides is 3. The van der Waals surface area contributed by atoms with Gasteiger partial charge in [0.05, 0.1) is 5.56 Å². The van der Waals surface area contributed by atoms with Gasteiger partial charge in [0, 0.05) is 19.1 Å². The van der Waals surface area contributed by atoms with Crippen LogP contribution in [0.5, 0.6) is 0 Å². The third-order valence-corrected chi connectivity index (χ3v) is 8.88. The highest BCUT2D eigenvalue weighted by molar-refractivity contribution is 7.98. The van der Waals surface area contributed by atoms with E-state index in [-0.39, 0.29) is 12.1 Å². The van der Waals surface area contributed by atoms with E-state index in [0.717, 1.165) is 30.0 Å². The lowest BCUT2D eigenvalue weighted by atomic mass is 9.85. The van der Waals surface area contributed by atoms with Crippen molar-refractivity contribution < 1.29 is 17.6 Å². The molecule has 1 aliphatic carbocycles. The maximum absolute atomic E-state index is 12.8. The van der Waals surface area contributed by atoms with Crippen LogP contribution < -0.4 is 5.32 Å². The minimum atomic E-state index is -4.52. The predicted molar refractivity (Wildman–Crippen MR) is 157 cm³/mol. The number of allylic oxidation sites excluding steroid dienone is 1. The quantitative estimate of drug-likeness (QED) is 0.324. The van der Waals surface area contributed by atoms with Crippen LogP contribution in [-0.2, 0) is 12.7 Å². The first-order chi connectivity index (χ1) is 18.5. The number of halogens is 4. The van der Waals surface area contributed by atoms with Gasteiger partial charge < -0.3 is 10.2 Å². The fourth-order valence-corrected chi connectivity index (χ4v) is 6.76. The minimum absolute atomic E-state index is 0.115. The third-order valence-electron chi connectivity index (χ3n) is 7.89. The summed E-state index contributed by atoms with van der Waals surface area (Å²) in [5, 5.41) is 2.60. The largest absolute Gasteiger partial charge is 0.416 e. The molecule has 4 unspecified atom stereocenters. The van der Waals surface area contributed by atoms with Crippen molar-refractivity contribution in [2.45, 2.75) is 58.3 Å². The van der Waals surface area contributed by atoms with Crippen LogP contribution in [0.25, 0.3) is 6.08 Å². The highest BCUT2D eigenvalue weighted by Crippen LogP contribution is 2.43. The number of thioether (sulfide) groups is 1. The van der Waals surface area contributed by atoms with Crippen LogP contribution in [0.3, 0.4) is 0 Å². The minimum Gasteiger partial charge on any atom is -0.387 e. The topological polar surface area (TPSA) is 15.3 Å². The Morgan fingerprint density at radius 3 is 2.54 bits per heavy atom. The van der Waals surface area contributed by atoms with Gasteiger partial charge in [-0.05, 0) is 97.0 Å². The van der Waals surface area contributed by atoms with Gasteiger partial charge in [0.1, 0.15) is 5.82 Å². The van der Waals surface area contributed by atoms with Gasteiger partial charge in [-0.3, -0.25) is 0 Å². The molecule has 1 saturated carbocycles. The number of piperidine rings is 1. The molecule has 0 radical (unpaired) electrons. The molecule has 2 fully saturated rings. The summed E-state index contributed by atoms with van der Waals surface area (Å²) >= 11 is 2.02. The molecule has 39 heavy (non-hydrogen) atoms. The van der Waals surface area contributed by atoms with Crippen molar-refractivity contribution >= 4 is 17.8 Å². The summed E-state index contributed by atoms with van der Waals surface area (Å²) in [4.78, 5) is 2.81. The molecule has 0 bridgehead atoms. The highest BCUT2D eigenvalue weighted by Gasteiger charge is 2.39. The summed E-state index contributed by atoms with van der Waals surface area (Å²) < 4.78 is 49.6. The lowest BCUT2D eigenvalue weighted by Gasteiger charge is -2.40. The zero-order chi connectivity index (χ0) is 28.5. The molecule has 0 spiro atoms. The number of hydrogen-bond donors (Lipinski definition) is 1. The highest BCUT2D eigenvalue weighted by atomic mass is 32.2. The molecule has 1 N–H and O–H groups in total. The van der Waals surface area contributed by atoms with Gasteiger partial charge >= 0.3 is 6.18 Å². The van der Waals surface area contributed by atoms with Crippen LogP contribution in [0.4, 0.5) is 17.6 Å². The van der Waals surface area contributed by atoms with Crippen LogP contribution in [0.15, 0.2) is 67.4 Å². The van der Waals surface area contributed by atoms with E-state index in [9.17, 15) is 17.6 Å². The molecule has 2 aromatic rings. The first-order valence-electron chi connectivity index (χ1n) is 13.7. The summed E-state index contributed by atoms with van der Waals surface area (Å²) in [6.45, 7) is 11.0. The number of nitrogens with one attached hydrogen (secondary N) is 1. The Hall–Kier alpha value is -2.25. The maximum Gasteiger partial charge on any atom is 0.416 e. The van der Waals surface area contributed by atoms with Crippen molar-refractivity contribution in [3.8, 4) is 0 Å². The SMILES string of the molecule is C=CNCc1cc(F)cc(C(F)(F)F)c1.CSCC1(C)CCC(N2CCC(/C=C\c3ccccc3)C(C)C2)C1. The Kier molecular flexibility index (Phi) is 11.6. The van der Waals surface area contributed by atoms with E-state index in [0.29, 0.717) is 11.5 Å². The Morgan fingerprint density at radius 1 is 1.15 bits per heavy atom. The van der Waals surface area contributed by atoms with E-state index in [4.69, 9.17) is 0 Å². The molecule has 2 nitrogen and oxygen atoms in total. The summed E-state index contributed by atoms with van der Waals surface area (Å²) in [5.41, 5.74) is 1.15. The van der Waals surface area contributed by atoms with E-state index in [2.05, 4.69) is 79.4 Å². The van der Waals surface area contributed by atoms with Gasteiger partial charge in [-0.25, -0.2) is 4.39 Å². The molecule has 1 aliphatic heterocycles. The van der Waals surface area contributed by atoms with Crippen molar-refractivity contribution in [3.63, 3.8) is 0 Å². The van der Waals surface area contributed by atoms with Crippen LogP contribution in [-0.4, -0.2) is 36.0 Å². The molecule has 2 aliphatic rings. The van der Waals surface area contributed by atoms with Gasteiger partial charge in [0.15, 0.2) is 0 Å². The van der Waals surface area contributed by atoms with Crippen LogP contribution in [0, 0.1) is 23.1 Å². The number of likely N-dealkylation sites (tertiary alicyclic amines) is 1. The van der Waals surface area contributed by atoms with Crippen LogP contribution >= 0.6 is 11.8 Å². The first kappa shape index (κ1) is 31.3. The second kappa shape index (κ2) is 14.4. The van der Waals surface area contributed by atoms with Crippen molar-refractivity contribution in [2.24, 2.45) is 17.3 Å². The molecule has 0 amide bonds. The first-order valence-corrected chi connectivity index (χ1v) is 15.1. The average Bonchev–Trinajstić information content (AvgIpc) is 3.29. The second-order valence-corrected chi connectivity index (χ2v) is 12.1. The van der Waals surface area contributed by atoms with Crippen molar-refractivity contribution in [2.75, 3.05) is 25.1 Å². The van der Waals surface area contributed by atoms with E-state index in [1.807, 2.05) is 11.8 Å². The van der Waals surface area contributed by atoms with E-state index in [1.54, 1.807) is 0 Å². The van der Waals surface area contributed by atoms with Crippen molar-refractivity contribution in [1.82, 2.24) is 10.2 Å². The fraction of sp³-hybridized carbons (Fsp3) is 0.500. The van der Waals surface area contributed by atoms with Gasteiger partial charge in [-0.15, -0.1) is 0 Å². The second-order valence-electron chi connectivity index (χ2n) is 11.3. The van der Waals surface area contributed by atoms with Crippen LogP contribution in [0.2, 0.25) is 0 Å². The van der Waals surface area contributed by atoms with Gasteiger partial charge in [-0.1, -0.05) is 62.9 Å². The number of rotatable bonds is 8. The summed E-state index contributed by atoms with van der Waals surface area (Å²) in [5.74, 6) is 1.94. The van der Waals surface area contributed by atoms with E-state index >= 15 is 0 Å². The summed E-state index contributed by atoms with van der Waals surface area (Å²) in [6, 6.07) is 14.0. The standard InChI is InChI=1S/C22H33NS.C10H9F4N/c1-18-16-23(21-11-13-22(2,15-21)17-24-3)14-12-20(18)10-9-19-7-5-4-6-8-19;1-2-15-6-7-3-8(10(12,13)14)5-9(11)4-7/h4-10,18,20-21H,11-17H2,1-3H3;2-5,15H,1,6H2/b10-9-;. The number of hydrogen-bond acceptors (Lipinski definition) is 3. The molecular formula is C32H42F4N2S. The fourth-order valence-electron chi connectivity index (χ4n) is 5.80. The Bertz CT molecular complexity index is 1070. The molecule has 2 aromatic carbocycles. The van der Waals surface area contributed by atoms with Crippen LogP contribution in [0.1, 0.15) is 56.2 Å². The number of nitrogens with zero attached hydrogens (tertiary/aromatic N) is 1. The molecule has 214 valence electrons. The van der Waals surface area contributed by atoms with E-state index < -0.39 is 17.6 Å². The zero-order valence-corrected chi connectivity index (χ0v) is 24.1. The third kappa shape index (κ3) is 9.71. The Balaban J connectivity index is 0.000000242. The van der Waals surface area contributed by atoms with Crippen molar-refractivity contribution in [1.29, 1.82) is 0 Å².